The highest BCUT2D eigenvalue weighted by molar-refractivity contribution is 5.93. The quantitative estimate of drug-likeness (QED) is 0.930. The standard InChI is InChI=1S/C13H9F3O3/c14-13(15,16)19-10-6-2-4-8-3-1-5-9(12(8)10)7-11(17)18/h1-6H,7H2,(H,17,18). The number of alkyl halides is 3. The zero-order chi connectivity index (χ0) is 14.0. The summed E-state index contributed by atoms with van der Waals surface area (Å²) in [6.07, 6.45) is -5.18. The molecule has 0 aliphatic rings. The van der Waals surface area contributed by atoms with E-state index in [4.69, 9.17) is 5.11 Å². The second-order valence-electron chi connectivity index (χ2n) is 3.89. The van der Waals surface area contributed by atoms with Crippen molar-refractivity contribution in [3.63, 3.8) is 0 Å². The van der Waals surface area contributed by atoms with E-state index in [0.29, 0.717) is 5.39 Å². The van der Waals surface area contributed by atoms with Crippen molar-refractivity contribution in [1.29, 1.82) is 0 Å². The van der Waals surface area contributed by atoms with Gasteiger partial charge in [0, 0.05) is 5.39 Å². The lowest BCUT2D eigenvalue weighted by molar-refractivity contribution is -0.274. The predicted molar refractivity (Wildman–Crippen MR) is 62.0 cm³/mol. The van der Waals surface area contributed by atoms with Crippen LogP contribution < -0.4 is 4.74 Å². The van der Waals surface area contributed by atoms with Crippen LogP contribution in [0.2, 0.25) is 0 Å². The number of aliphatic carboxylic acids is 1. The molecule has 2 aromatic rings. The molecule has 19 heavy (non-hydrogen) atoms. The van der Waals surface area contributed by atoms with Crippen LogP contribution in [0.5, 0.6) is 5.75 Å². The molecule has 0 fully saturated rings. The van der Waals surface area contributed by atoms with E-state index in [0.717, 1.165) is 0 Å². The molecular weight excluding hydrogens is 261 g/mol. The van der Waals surface area contributed by atoms with E-state index >= 15 is 0 Å². The summed E-state index contributed by atoms with van der Waals surface area (Å²) in [5, 5.41) is 9.46. The average molecular weight is 270 g/mol. The Balaban J connectivity index is 2.60. The van der Waals surface area contributed by atoms with Crippen LogP contribution in [0.4, 0.5) is 13.2 Å². The predicted octanol–water partition coefficient (Wildman–Crippen LogP) is 3.37. The molecule has 0 bridgehead atoms. The van der Waals surface area contributed by atoms with Crippen molar-refractivity contribution in [2.45, 2.75) is 12.8 Å². The van der Waals surface area contributed by atoms with E-state index in [9.17, 15) is 18.0 Å². The van der Waals surface area contributed by atoms with Gasteiger partial charge in [-0.05, 0) is 17.0 Å². The first-order valence-electron chi connectivity index (χ1n) is 5.35. The number of carboxylic acid groups (broad SMARTS) is 1. The van der Waals surface area contributed by atoms with Gasteiger partial charge in [-0.1, -0.05) is 30.3 Å². The molecule has 100 valence electrons. The molecule has 0 aliphatic carbocycles. The molecule has 0 radical (unpaired) electrons. The number of hydrogen-bond donors (Lipinski definition) is 1. The highest BCUT2D eigenvalue weighted by Crippen LogP contribution is 2.33. The second-order valence-corrected chi connectivity index (χ2v) is 3.89. The van der Waals surface area contributed by atoms with Crippen LogP contribution >= 0.6 is 0 Å². The summed E-state index contributed by atoms with van der Waals surface area (Å²) in [6.45, 7) is 0. The van der Waals surface area contributed by atoms with Gasteiger partial charge in [0.2, 0.25) is 0 Å². The number of carboxylic acids is 1. The zero-order valence-corrected chi connectivity index (χ0v) is 9.57. The Bertz CT molecular complexity index is 615. The molecule has 0 spiro atoms. The minimum Gasteiger partial charge on any atom is -0.481 e. The fourth-order valence-corrected chi connectivity index (χ4v) is 1.90. The lowest BCUT2D eigenvalue weighted by Crippen LogP contribution is -2.17. The van der Waals surface area contributed by atoms with E-state index in [1.54, 1.807) is 18.2 Å². The molecule has 0 aromatic heterocycles. The maximum Gasteiger partial charge on any atom is 0.573 e. The third-order valence-electron chi connectivity index (χ3n) is 2.52. The van der Waals surface area contributed by atoms with Gasteiger partial charge in [-0.15, -0.1) is 13.2 Å². The number of ether oxygens (including phenoxy) is 1. The summed E-state index contributed by atoms with van der Waals surface area (Å²) in [5.41, 5.74) is 0.282. The molecule has 0 saturated carbocycles. The number of carbonyl (C=O) groups is 1. The van der Waals surface area contributed by atoms with Crippen molar-refractivity contribution in [2.75, 3.05) is 0 Å². The first kappa shape index (κ1) is 13.2. The van der Waals surface area contributed by atoms with Gasteiger partial charge in [0.25, 0.3) is 0 Å². The summed E-state index contributed by atoms with van der Waals surface area (Å²) < 4.78 is 40.9. The fourth-order valence-electron chi connectivity index (χ4n) is 1.90. The van der Waals surface area contributed by atoms with Crippen molar-refractivity contribution in [3.8, 4) is 5.75 Å². The highest BCUT2D eigenvalue weighted by atomic mass is 19.4. The molecule has 0 saturated heterocycles. The van der Waals surface area contributed by atoms with Gasteiger partial charge in [0.05, 0.1) is 6.42 Å². The molecule has 0 heterocycles. The number of halogens is 3. The Kier molecular flexibility index (Phi) is 3.33. The molecule has 0 aliphatic heterocycles. The van der Waals surface area contributed by atoms with E-state index < -0.39 is 12.3 Å². The minimum atomic E-state index is -4.81. The summed E-state index contributed by atoms with van der Waals surface area (Å²) in [7, 11) is 0. The van der Waals surface area contributed by atoms with E-state index in [1.807, 2.05) is 0 Å². The van der Waals surface area contributed by atoms with Crippen LogP contribution in [0.25, 0.3) is 10.8 Å². The molecule has 0 atom stereocenters. The molecule has 3 nitrogen and oxygen atoms in total. The van der Waals surface area contributed by atoms with Gasteiger partial charge >= 0.3 is 12.3 Å². The Labute approximate surface area is 106 Å². The first-order chi connectivity index (χ1) is 8.87. The zero-order valence-electron chi connectivity index (χ0n) is 9.57. The van der Waals surface area contributed by atoms with Gasteiger partial charge < -0.3 is 9.84 Å². The van der Waals surface area contributed by atoms with Crippen LogP contribution in [0.3, 0.4) is 0 Å². The maximum atomic E-state index is 12.3. The average Bonchev–Trinajstić information content (AvgIpc) is 2.26. The van der Waals surface area contributed by atoms with Crippen molar-refractivity contribution in [2.24, 2.45) is 0 Å². The van der Waals surface area contributed by atoms with Crippen molar-refractivity contribution in [3.05, 3.63) is 42.0 Å². The Morgan fingerprint density at radius 1 is 1.16 bits per heavy atom. The molecular formula is C13H9F3O3. The van der Waals surface area contributed by atoms with Crippen LogP contribution in [-0.4, -0.2) is 17.4 Å². The van der Waals surface area contributed by atoms with Crippen LogP contribution in [0, 0.1) is 0 Å². The summed E-state index contributed by atoms with van der Waals surface area (Å²) in [5.74, 6) is -1.50. The monoisotopic (exact) mass is 270 g/mol. The molecule has 2 rings (SSSR count). The van der Waals surface area contributed by atoms with E-state index in [1.165, 1.54) is 18.2 Å². The Morgan fingerprint density at radius 3 is 2.37 bits per heavy atom. The smallest absolute Gasteiger partial charge is 0.481 e. The third kappa shape index (κ3) is 3.15. The van der Waals surface area contributed by atoms with Gasteiger partial charge in [0.1, 0.15) is 5.75 Å². The van der Waals surface area contributed by atoms with Crippen LogP contribution in [-0.2, 0) is 11.2 Å². The van der Waals surface area contributed by atoms with Gasteiger partial charge in [-0.3, -0.25) is 4.79 Å². The topological polar surface area (TPSA) is 46.5 Å². The number of hydrogen-bond acceptors (Lipinski definition) is 2. The van der Waals surface area contributed by atoms with Crippen molar-refractivity contribution < 1.29 is 27.8 Å². The largest absolute Gasteiger partial charge is 0.573 e. The van der Waals surface area contributed by atoms with Gasteiger partial charge in [0.15, 0.2) is 0 Å². The lowest BCUT2D eigenvalue weighted by atomic mass is 10.0. The van der Waals surface area contributed by atoms with E-state index in [-0.39, 0.29) is 23.1 Å². The third-order valence-corrected chi connectivity index (χ3v) is 2.52. The summed E-state index contributed by atoms with van der Waals surface area (Å²) in [6, 6.07) is 8.86. The van der Waals surface area contributed by atoms with Gasteiger partial charge in [-0.25, -0.2) is 0 Å². The maximum absolute atomic E-state index is 12.3. The van der Waals surface area contributed by atoms with E-state index in [2.05, 4.69) is 4.74 Å². The highest BCUT2D eigenvalue weighted by Gasteiger charge is 2.32. The molecule has 6 heteroatoms. The minimum absolute atomic E-state index is 0.171. The first-order valence-corrected chi connectivity index (χ1v) is 5.35. The molecule has 1 N–H and O–H groups in total. The SMILES string of the molecule is O=C(O)Cc1cccc2cccc(OC(F)(F)F)c12. The fraction of sp³-hybridized carbons (Fsp3) is 0.154. The second kappa shape index (κ2) is 4.79. The number of fused-ring (bicyclic) bond motifs is 1. The molecule has 0 unspecified atom stereocenters. The summed E-state index contributed by atoms with van der Waals surface area (Å²) >= 11 is 0. The Morgan fingerprint density at radius 2 is 1.79 bits per heavy atom. The summed E-state index contributed by atoms with van der Waals surface area (Å²) in [4.78, 5) is 10.7. The Hall–Kier alpha value is -2.24. The lowest BCUT2D eigenvalue weighted by Gasteiger charge is -2.13. The van der Waals surface area contributed by atoms with Crippen molar-refractivity contribution in [1.82, 2.24) is 0 Å². The van der Waals surface area contributed by atoms with Crippen LogP contribution in [0.15, 0.2) is 36.4 Å². The molecule has 2 aromatic carbocycles. The number of benzene rings is 2. The van der Waals surface area contributed by atoms with Crippen LogP contribution in [0.1, 0.15) is 5.56 Å². The number of rotatable bonds is 3. The molecule has 0 amide bonds. The normalized spacial score (nSPS) is 11.5. The van der Waals surface area contributed by atoms with Gasteiger partial charge in [-0.2, -0.15) is 0 Å². The van der Waals surface area contributed by atoms with Crippen molar-refractivity contribution >= 4 is 16.7 Å².